The van der Waals surface area contributed by atoms with Gasteiger partial charge in [0.25, 0.3) is 0 Å². The zero-order chi connectivity index (χ0) is 10.7. The number of rotatable bonds is 4. The molecule has 0 bridgehead atoms. The molecule has 0 aromatic heterocycles. The van der Waals surface area contributed by atoms with Crippen molar-refractivity contribution in [3.8, 4) is 0 Å². The third-order valence-corrected chi connectivity index (χ3v) is 3.65. The van der Waals surface area contributed by atoms with Crippen LogP contribution < -0.4 is 0 Å². The summed E-state index contributed by atoms with van der Waals surface area (Å²) in [5.74, 6) is 0. The third kappa shape index (κ3) is 3.11. The van der Waals surface area contributed by atoms with Crippen LogP contribution in [0.15, 0.2) is 46.2 Å². The van der Waals surface area contributed by atoms with Gasteiger partial charge in [-0.15, -0.1) is 0 Å². The molecule has 1 fully saturated rings. The highest BCUT2D eigenvalue weighted by molar-refractivity contribution is 8.03. The predicted molar refractivity (Wildman–Crippen MR) is 65.0 cm³/mol. The van der Waals surface area contributed by atoms with Crippen molar-refractivity contribution >= 4 is 11.8 Å². The first-order valence-electron chi connectivity index (χ1n) is 5.24. The highest BCUT2D eigenvalue weighted by atomic mass is 32.2. The Labute approximate surface area is 95.5 Å². The zero-order valence-electron chi connectivity index (χ0n) is 9.19. The Morgan fingerprint density at radius 3 is 2.67 bits per heavy atom. The van der Waals surface area contributed by atoms with Gasteiger partial charge in [-0.3, -0.25) is 0 Å². The largest absolute Gasteiger partial charge is 0.370 e. The van der Waals surface area contributed by atoms with Gasteiger partial charge in [0.1, 0.15) is 0 Å². The van der Waals surface area contributed by atoms with Gasteiger partial charge in [-0.25, -0.2) is 0 Å². The lowest BCUT2D eigenvalue weighted by Crippen LogP contribution is -2.03. The van der Waals surface area contributed by atoms with Gasteiger partial charge in [0.2, 0.25) is 0 Å². The first-order valence-corrected chi connectivity index (χ1v) is 6.05. The van der Waals surface area contributed by atoms with Crippen LogP contribution >= 0.6 is 11.8 Å². The Kier molecular flexibility index (Phi) is 3.17. The van der Waals surface area contributed by atoms with Crippen molar-refractivity contribution in [2.24, 2.45) is 0 Å². The van der Waals surface area contributed by atoms with Gasteiger partial charge in [-0.05, 0) is 30.9 Å². The molecule has 1 aliphatic heterocycles. The SMILES string of the molecule is C/C=C(/CC1(C)CO1)Sc1ccccc1. The molecule has 1 aromatic rings. The van der Waals surface area contributed by atoms with Gasteiger partial charge in [0.05, 0.1) is 12.2 Å². The van der Waals surface area contributed by atoms with E-state index in [1.165, 1.54) is 9.80 Å². The highest BCUT2D eigenvalue weighted by Crippen LogP contribution is 2.39. The molecule has 0 radical (unpaired) electrons. The maximum absolute atomic E-state index is 5.41. The summed E-state index contributed by atoms with van der Waals surface area (Å²) >= 11 is 1.84. The Morgan fingerprint density at radius 1 is 1.47 bits per heavy atom. The summed E-state index contributed by atoms with van der Waals surface area (Å²) < 4.78 is 5.41. The average molecular weight is 220 g/mol. The fourth-order valence-corrected chi connectivity index (χ4v) is 2.52. The van der Waals surface area contributed by atoms with Crippen molar-refractivity contribution < 1.29 is 4.74 Å². The number of thioether (sulfide) groups is 1. The van der Waals surface area contributed by atoms with E-state index in [9.17, 15) is 0 Å². The van der Waals surface area contributed by atoms with Crippen molar-refractivity contribution in [1.29, 1.82) is 0 Å². The maximum Gasteiger partial charge on any atom is 0.0933 e. The Hall–Kier alpha value is -0.730. The fourth-order valence-electron chi connectivity index (χ4n) is 1.43. The molecule has 1 aromatic carbocycles. The molecule has 1 heterocycles. The number of ether oxygens (including phenoxy) is 1. The molecule has 0 aliphatic carbocycles. The Bertz CT molecular complexity index is 352. The highest BCUT2D eigenvalue weighted by Gasteiger charge is 2.39. The lowest BCUT2D eigenvalue weighted by Gasteiger charge is -2.09. The number of hydrogen-bond donors (Lipinski definition) is 0. The molecule has 0 spiro atoms. The quantitative estimate of drug-likeness (QED) is 0.564. The van der Waals surface area contributed by atoms with E-state index in [0.29, 0.717) is 0 Å². The number of hydrogen-bond acceptors (Lipinski definition) is 2. The number of allylic oxidation sites excluding steroid dienone is 1. The molecule has 15 heavy (non-hydrogen) atoms. The van der Waals surface area contributed by atoms with Crippen molar-refractivity contribution in [3.63, 3.8) is 0 Å². The standard InChI is InChI=1S/C13H16OS/c1-3-11(9-13(2)10-14-13)15-12-7-5-4-6-8-12/h3-8H,9-10H2,1-2H3/b11-3-. The van der Waals surface area contributed by atoms with Gasteiger partial charge in [-0.2, -0.15) is 0 Å². The van der Waals surface area contributed by atoms with E-state index in [4.69, 9.17) is 4.74 Å². The Balaban J connectivity index is 1.97. The van der Waals surface area contributed by atoms with E-state index in [-0.39, 0.29) is 5.60 Å². The lowest BCUT2D eigenvalue weighted by molar-refractivity contribution is 0.324. The summed E-state index contributed by atoms with van der Waals surface area (Å²) in [4.78, 5) is 2.69. The van der Waals surface area contributed by atoms with Crippen LogP contribution in [-0.4, -0.2) is 12.2 Å². The van der Waals surface area contributed by atoms with Crippen LogP contribution in [0.5, 0.6) is 0 Å². The second-order valence-corrected chi connectivity index (χ2v) is 5.29. The molecule has 0 saturated carbocycles. The smallest absolute Gasteiger partial charge is 0.0933 e. The molecule has 2 rings (SSSR count). The van der Waals surface area contributed by atoms with Crippen LogP contribution in [-0.2, 0) is 4.74 Å². The zero-order valence-corrected chi connectivity index (χ0v) is 10.0. The molecule has 1 nitrogen and oxygen atoms in total. The van der Waals surface area contributed by atoms with E-state index in [1.54, 1.807) is 0 Å². The molecule has 2 heteroatoms. The van der Waals surface area contributed by atoms with Gasteiger partial charge in [-0.1, -0.05) is 36.0 Å². The molecular weight excluding hydrogens is 204 g/mol. The minimum atomic E-state index is 0.115. The normalized spacial score (nSPS) is 25.3. The van der Waals surface area contributed by atoms with Crippen molar-refractivity contribution in [3.05, 3.63) is 41.3 Å². The molecule has 80 valence electrons. The van der Waals surface area contributed by atoms with Crippen molar-refractivity contribution in [1.82, 2.24) is 0 Å². The van der Waals surface area contributed by atoms with E-state index >= 15 is 0 Å². The maximum atomic E-state index is 5.41. The van der Waals surface area contributed by atoms with Crippen LogP contribution in [0.4, 0.5) is 0 Å². The molecule has 1 atom stereocenters. The number of benzene rings is 1. The molecular formula is C13H16OS. The minimum Gasteiger partial charge on any atom is -0.370 e. The third-order valence-electron chi connectivity index (χ3n) is 2.50. The van der Waals surface area contributed by atoms with Crippen LogP contribution in [0, 0.1) is 0 Å². The molecule has 0 N–H and O–H groups in total. The van der Waals surface area contributed by atoms with Crippen LogP contribution in [0.2, 0.25) is 0 Å². The van der Waals surface area contributed by atoms with Crippen LogP contribution in [0.25, 0.3) is 0 Å². The summed E-state index contributed by atoms with van der Waals surface area (Å²) in [5, 5.41) is 0. The van der Waals surface area contributed by atoms with E-state index < -0.39 is 0 Å². The summed E-state index contributed by atoms with van der Waals surface area (Å²) in [6.45, 7) is 5.17. The van der Waals surface area contributed by atoms with Gasteiger partial charge in [0, 0.05) is 11.3 Å². The van der Waals surface area contributed by atoms with Crippen LogP contribution in [0.1, 0.15) is 20.3 Å². The van der Waals surface area contributed by atoms with E-state index in [2.05, 4.69) is 44.2 Å². The summed E-state index contributed by atoms with van der Waals surface area (Å²) in [5.41, 5.74) is 0.115. The Morgan fingerprint density at radius 2 is 2.13 bits per heavy atom. The van der Waals surface area contributed by atoms with E-state index in [0.717, 1.165) is 13.0 Å². The first kappa shape index (κ1) is 10.8. The van der Waals surface area contributed by atoms with Gasteiger partial charge in [0.15, 0.2) is 0 Å². The topological polar surface area (TPSA) is 12.5 Å². The molecule has 0 amide bonds. The first-order chi connectivity index (χ1) is 7.22. The molecule has 1 aliphatic rings. The molecule has 1 unspecified atom stereocenters. The lowest BCUT2D eigenvalue weighted by atomic mass is 10.1. The summed E-state index contributed by atoms with van der Waals surface area (Å²) in [6.07, 6.45) is 3.22. The summed E-state index contributed by atoms with van der Waals surface area (Å²) in [6, 6.07) is 10.5. The van der Waals surface area contributed by atoms with Crippen LogP contribution in [0.3, 0.4) is 0 Å². The fraction of sp³-hybridized carbons (Fsp3) is 0.385. The average Bonchev–Trinajstić information content (AvgIpc) is 2.97. The second-order valence-electron chi connectivity index (χ2n) is 4.09. The van der Waals surface area contributed by atoms with Crippen molar-refractivity contribution in [2.75, 3.05) is 6.61 Å². The number of epoxide rings is 1. The monoisotopic (exact) mass is 220 g/mol. The van der Waals surface area contributed by atoms with E-state index in [1.807, 2.05) is 17.8 Å². The van der Waals surface area contributed by atoms with Gasteiger partial charge >= 0.3 is 0 Å². The predicted octanol–water partition coefficient (Wildman–Crippen LogP) is 3.86. The van der Waals surface area contributed by atoms with Gasteiger partial charge < -0.3 is 4.74 Å². The van der Waals surface area contributed by atoms with Crippen molar-refractivity contribution in [2.45, 2.75) is 30.8 Å². The summed E-state index contributed by atoms with van der Waals surface area (Å²) in [7, 11) is 0. The molecule has 1 saturated heterocycles. The minimum absolute atomic E-state index is 0.115. The second kappa shape index (κ2) is 4.42.